The number of rotatable bonds is 2. The Morgan fingerprint density at radius 3 is 3.05 bits per heavy atom. The fraction of sp³-hybridized carbons (Fsp3) is 0.375. The van der Waals surface area contributed by atoms with Gasteiger partial charge in [-0.2, -0.15) is 0 Å². The fourth-order valence-corrected chi connectivity index (χ4v) is 2.79. The minimum absolute atomic E-state index is 0.224. The molecular formula is C16H18N2O. The molecule has 1 aliphatic heterocycles. The Morgan fingerprint density at radius 1 is 1.42 bits per heavy atom. The third kappa shape index (κ3) is 2.46. The summed E-state index contributed by atoms with van der Waals surface area (Å²) in [7, 11) is 0. The molecule has 0 aliphatic carbocycles. The second kappa shape index (κ2) is 5.00. The first-order valence-electron chi connectivity index (χ1n) is 6.87. The molecule has 2 aromatic rings. The van der Waals surface area contributed by atoms with E-state index in [1.807, 2.05) is 35.4 Å². The molecule has 1 saturated heterocycles. The summed E-state index contributed by atoms with van der Waals surface area (Å²) >= 11 is 0. The third-order valence-corrected chi connectivity index (χ3v) is 3.88. The summed E-state index contributed by atoms with van der Waals surface area (Å²) in [5, 5.41) is 1.10. The number of nitrogens with zero attached hydrogens (tertiary/aromatic N) is 2. The van der Waals surface area contributed by atoms with E-state index in [-0.39, 0.29) is 5.91 Å². The van der Waals surface area contributed by atoms with E-state index in [2.05, 4.69) is 18.0 Å². The van der Waals surface area contributed by atoms with Crippen LogP contribution in [0.1, 0.15) is 25.3 Å². The standard InChI is InChI=1S/C16H18N2O/c1-12-5-4-8-18(12)16(19)10-13-9-14-6-2-3-7-15(14)17-11-13/h2-3,6-7,9,11-12H,4-5,8,10H2,1H3. The SMILES string of the molecule is CC1CCCN1C(=O)Cc1cnc2ccccc2c1. The molecule has 98 valence electrons. The Kier molecular flexibility index (Phi) is 3.20. The number of carbonyl (C=O) groups excluding carboxylic acids is 1. The Morgan fingerprint density at radius 2 is 2.26 bits per heavy atom. The highest BCUT2D eigenvalue weighted by molar-refractivity contribution is 5.83. The van der Waals surface area contributed by atoms with Gasteiger partial charge < -0.3 is 4.90 Å². The van der Waals surface area contributed by atoms with E-state index in [0.717, 1.165) is 35.9 Å². The molecule has 19 heavy (non-hydrogen) atoms. The first-order valence-corrected chi connectivity index (χ1v) is 6.87. The minimum Gasteiger partial charge on any atom is -0.340 e. The van der Waals surface area contributed by atoms with Crippen LogP contribution in [0.3, 0.4) is 0 Å². The van der Waals surface area contributed by atoms with Crippen molar-refractivity contribution >= 4 is 16.8 Å². The van der Waals surface area contributed by atoms with Crippen LogP contribution in [0.2, 0.25) is 0 Å². The number of hydrogen-bond acceptors (Lipinski definition) is 2. The third-order valence-electron chi connectivity index (χ3n) is 3.88. The topological polar surface area (TPSA) is 33.2 Å². The predicted molar refractivity (Wildman–Crippen MR) is 75.9 cm³/mol. The molecule has 3 heteroatoms. The van der Waals surface area contributed by atoms with Crippen LogP contribution >= 0.6 is 0 Å². The number of amides is 1. The summed E-state index contributed by atoms with van der Waals surface area (Å²) in [6, 6.07) is 10.5. The average Bonchev–Trinajstić information content (AvgIpc) is 2.85. The van der Waals surface area contributed by atoms with E-state index in [0.29, 0.717) is 12.5 Å². The Bertz CT molecular complexity index is 608. The largest absolute Gasteiger partial charge is 0.340 e. The van der Waals surface area contributed by atoms with Crippen molar-refractivity contribution in [2.45, 2.75) is 32.2 Å². The van der Waals surface area contributed by atoms with Gasteiger partial charge in [0.2, 0.25) is 5.91 Å². The fourth-order valence-electron chi connectivity index (χ4n) is 2.79. The highest BCUT2D eigenvalue weighted by Crippen LogP contribution is 2.19. The molecule has 3 nitrogen and oxygen atoms in total. The molecule has 1 unspecified atom stereocenters. The van der Waals surface area contributed by atoms with Gasteiger partial charge in [-0.25, -0.2) is 0 Å². The lowest BCUT2D eigenvalue weighted by Gasteiger charge is -2.21. The van der Waals surface area contributed by atoms with E-state index in [1.54, 1.807) is 0 Å². The van der Waals surface area contributed by atoms with Gasteiger partial charge >= 0.3 is 0 Å². The van der Waals surface area contributed by atoms with Crippen LogP contribution in [-0.2, 0) is 11.2 Å². The molecule has 3 rings (SSSR count). The molecule has 0 N–H and O–H groups in total. The molecule has 0 bridgehead atoms. The zero-order valence-electron chi connectivity index (χ0n) is 11.2. The maximum atomic E-state index is 12.3. The molecule has 2 heterocycles. The summed E-state index contributed by atoms with van der Waals surface area (Å²) in [6.45, 7) is 3.03. The van der Waals surface area contributed by atoms with Crippen molar-refractivity contribution in [2.24, 2.45) is 0 Å². The molecule has 1 aromatic heterocycles. The summed E-state index contributed by atoms with van der Waals surface area (Å²) in [4.78, 5) is 18.7. The lowest BCUT2D eigenvalue weighted by molar-refractivity contribution is -0.130. The van der Waals surface area contributed by atoms with Gasteiger partial charge in [0.25, 0.3) is 0 Å². The molecular weight excluding hydrogens is 236 g/mol. The van der Waals surface area contributed by atoms with Gasteiger partial charge in [0.05, 0.1) is 11.9 Å². The Hall–Kier alpha value is -1.90. The Labute approximate surface area is 113 Å². The molecule has 1 aliphatic rings. The molecule has 0 radical (unpaired) electrons. The van der Waals surface area contributed by atoms with Crippen LogP contribution in [-0.4, -0.2) is 28.4 Å². The van der Waals surface area contributed by atoms with Crippen molar-refractivity contribution in [2.75, 3.05) is 6.54 Å². The number of para-hydroxylation sites is 1. The van der Waals surface area contributed by atoms with Crippen molar-refractivity contribution in [3.05, 3.63) is 42.1 Å². The second-order valence-electron chi connectivity index (χ2n) is 5.29. The first kappa shape index (κ1) is 12.2. The van der Waals surface area contributed by atoms with Gasteiger partial charge in [-0.15, -0.1) is 0 Å². The van der Waals surface area contributed by atoms with Gasteiger partial charge in [0.15, 0.2) is 0 Å². The van der Waals surface area contributed by atoms with Crippen molar-refractivity contribution < 1.29 is 4.79 Å². The summed E-state index contributed by atoms with van der Waals surface area (Å²) in [5.41, 5.74) is 1.98. The van der Waals surface area contributed by atoms with Gasteiger partial charge in [-0.05, 0) is 37.5 Å². The van der Waals surface area contributed by atoms with E-state index in [1.165, 1.54) is 0 Å². The van der Waals surface area contributed by atoms with Crippen LogP contribution < -0.4 is 0 Å². The molecule has 1 atom stereocenters. The second-order valence-corrected chi connectivity index (χ2v) is 5.29. The van der Waals surface area contributed by atoms with E-state index in [4.69, 9.17) is 0 Å². The van der Waals surface area contributed by atoms with E-state index >= 15 is 0 Å². The van der Waals surface area contributed by atoms with Gasteiger partial charge in [-0.3, -0.25) is 9.78 Å². The number of pyridine rings is 1. The number of fused-ring (bicyclic) bond motifs is 1. The zero-order chi connectivity index (χ0) is 13.2. The van der Waals surface area contributed by atoms with Crippen LogP contribution in [0.4, 0.5) is 0 Å². The number of hydrogen-bond donors (Lipinski definition) is 0. The normalized spacial score (nSPS) is 19.0. The number of carbonyl (C=O) groups is 1. The number of benzene rings is 1. The average molecular weight is 254 g/mol. The monoisotopic (exact) mass is 254 g/mol. The van der Waals surface area contributed by atoms with Crippen LogP contribution in [0, 0.1) is 0 Å². The number of likely N-dealkylation sites (tertiary alicyclic amines) is 1. The molecule has 0 saturated carbocycles. The van der Waals surface area contributed by atoms with Gasteiger partial charge in [0.1, 0.15) is 0 Å². The highest BCUT2D eigenvalue weighted by atomic mass is 16.2. The van der Waals surface area contributed by atoms with Crippen LogP contribution in [0.15, 0.2) is 36.5 Å². The van der Waals surface area contributed by atoms with Crippen molar-refractivity contribution in [3.63, 3.8) is 0 Å². The molecule has 1 fully saturated rings. The number of aromatic nitrogens is 1. The van der Waals surface area contributed by atoms with Gasteiger partial charge in [-0.1, -0.05) is 18.2 Å². The molecule has 1 aromatic carbocycles. The van der Waals surface area contributed by atoms with Crippen molar-refractivity contribution in [1.82, 2.24) is 9.88 Å². The first-order chi connectivity index (χ1) is 9.24. The smallest absolute Gasteiger partial charge is 0.227 e. The quantitative estimate of drug-likeness (QED) is 0.825. The zero-order valence-corrected chi connectivity index (χ0v) is 11.2. The minimum atomic E-state index is 0.224. The Balaban J connectivity index is 1.79. The van der Waals surface area contributed by atoms with E-state index in [9.17, 15) is 4.79 Å². The summed E-state index contributed by atoms with van der Waals surface area (Å²) < 4.78 is 0. The maximum absolute atomic E-state index is 12.3. The lowest BCUT2D eigenvalue weighted by Crippen LogP contribution is -2.34. The summed E-state index contributed by atoms with van der Waals surface area (Å²) in [6.07, 6.45) is 4.54. The summed E-state index contributed by atoms with van der Waals surface area (Å²) in [5.74, 6) is 0.224. The molecule has 0 spiro atoms. The van der Waals surface area contributed by atoms with Crippen molar-refractivity contribution in [3.8, 4) is 0 Å². The van der Waals surface area contributed by atoms with Gasteiger partial charge in [0, 0.05) is 24.2 Å². The van der Waals surface area contributed by atoms with Crippen LogP contribution in [0.5, 0.6) is 0 Å². The lowest BCUT2D eigenvalue weighted by atomic mass is 10.1. The van der Waals surface area contributed by atoms with Crippen molar-refractivity contribution in [1.29, 1.82) is 0 Å². The van der Waals surface area contributed by atoms with Crippen LogP contribution in [0.25, 0.3) is 10.9 Å². The van der Waals surface area contributed by atoms with E-state index < -0.39 is 0 Å². The predicted octanol–water partition coefficient (Wildman–Crippen LogP) is 2.79. The molecule has 1 amide bonds. The maximum Gasteiger partial charge on any atom is 0.227 e. The highest BCUT2D eigenvalue weighted by Gasteiger charge is 2.24.